The van der Waals surface area contributed by atoms with Crippen molar-refractivity contribution in [2.45, 2.75) is 44.4 Å². The molecule has 2 rings (SSSR count). The molecule has 0 spiro atoms. The molecule has 0 saturated heterocycles. The van der Waals surface area contributed by atoms with E-state index < -0.39 is 0 Å². The second kappa shape index (κ2) is 5.33. The first-order valence-electron chi connectivity index (χ1n) is 5.67. The van der Waals surface area contributed by atoms with Crippen LogP contribution in [0, 0.1) is 0 Å². The van der Waals surface area contributed by atoms with Gasteiger partial charge < -0.3 is 14.5 Å². The third-order valence-electron chi connectivity index (χ3n) is 3.10. The van der Waals surface area contributed by atoms with Crippen LogP contribution in [0.2, 0.25) is 0 Å². The fourth-order valence-electron chi connectivity index (χ4n) is 2.20. The summed E-state index contributed by atoms with van der Waals surface area (Å²) in [7, 11) is 1.81. The van der Waals surface area contributed by atoms with Gasteiger partial charge in [-0.2, -0.15) is 0 Å². The van der Waals surface area contributed by atoms with Gasteiger partial charge in [-0.15, -0.1) is 0 Å². The zero-order valence-corrected chi connectivity index (χ0v) is 9.24. The molecule has 15 heavy (non-hydrogen) atoms. The Bertz CT molecular complexity index is 271. The maximum absolute atomic E-state index is 5.39. The van der Waals surface area contributed by atoms with E-state index in [9.17, 15) is 0 Å². The molecule has 84 valence electrons. The van der Waals surface area contributed by atoms with Crippen molar-refractivity contribution >= 4 is 0 Å². The Morgan fingerprint density at radius 2 is 2.47 bits per heavy atom. The summed E-state index contributed by atoms with van der Waals surface area (Å²) in [5, 5.41) is 3.51. The van der Waals surface area contributed by atoms with Gasteiger partial charge in [-0.1, -0.05) is 0 Å². The van der Waals surface area contributed by atoms with Gasteiger partial charge in [-0.25, -0.2) is 0 Å². The van der Waals surface area contributed by atoms with E-state index >= 15 is 0 Å². The Hall–Kier alpha value is -0.800. The average molecular weight is 209 g/mol. The Morgan fingerprint density at radius 3 is 3.20 bits per heavy atom. The molecule has 1 N–H and O–H groups in total. The van der Waals surface area contributed by atoms with Gasteiger partial charge in [0, 0.05) is 13.2 Å². The van der Waals surface area contributed by atoms with E-state index in [0.717, 1.165) is 18.7 Å². The smallest absolute Gasteiger partial charge is 0.117 e. The summed E-state index contributed by atoms with van der Waals surface area (Å²) in [4.78, 5) is 0. The molecule has 1 aromatic rings. The van der Waals surface area contributed by atoms with E-state index in [1.165, 1.54) is 19.3 Å². The SMILES string of the molecule is COC1CCCC(NCc2ccco2)C1. The molecular weight excluding hydrogens is 190 g/mol. The van der Waals surface area contributed by atoms with Crippen LogP contribution in [0.5, 0.6) is 0 Å². The number of hydrogen-bond donors (Lipinski definition) is 1. The highest BCUT2D eigenvalue weighted by atomic mass is 16.5. The Morgan fingerprint density at radius 1 is 1.53 bits per heavy atom. The van der Waals surface area contributed by atoms with Crippen molar-refractivity contribution in [3.8, 4) is 0 Å². The molecule has 0 radical (unpaired) electrons. The molecular formula is C12H19NO2. The summed E-state index contributed by atoms with van der Waals surface area (Å²) in [5.41, 5.74) is 0. The zero-order valence-electron chi connectivity index (χ0n) is 9.24. The fraction of sp³-hybridized carbons (Fsp3) is 0.667. The van der Waals surface area contributed by atoms with E-state index in [1.807, 2.05) is 12.1 Å². The highest BCUT2D eigenvalue weighted by Gasteiger charge is 2.21. The first-order chi connectivity index (χ1) is 7.38. The number of nitrogens with one attached hydrogen (secondary N) is 1. The van der Waals surface area contributed by atoms with Gasteiger partial charge in [0.15, 0.2) is 0 Å². The van der Waals surface area contributed by atoms with Gasteiger partial charge in [0.25, 0.3) is 0 Å². The predicted molar refractivity (Wildman–Crippen MR) is 58.6 cm³/mol. The number of ether oxygens (including phenoxy) is 1. The van der Waals surface area contributed by atoms with Crippen molar-refractivity contribution in [2.24, 2.45) is 0 Å². The summed E-state index contributed by atoms with van der Waals surface area (Å²) >= 11 is 0. The molecule has 2 unspecified atom stereocenters. The molecule has 1 aliphatic carbocycles. The second-order valence-electron chi connectivity index (χ2n) is 4.18. The average Bonchev–Trinajstić information content (AvgIpc) is 2.79. The van der Waals surface area contributed by atoms with E-state index in [2.05, 4.69) is 5.32 Å². The van der Waals surface area contributed by atoms with Gasteiger partial charge in [-0.3, -0.25) is 0 Å². The van der Waals surface area contributed by atoms with Gasteiger partial charge in [0.2, 0.25) is 0 Å². The van der Waals surface area contributed by atoms with Crippen LogP contribution in [0.4, 0.5) is 0 Å². The molecule has 0 amide bonds. The minimum Gasteiger partial charge on any atom is -0.468 e. The minimum atomic E-state index is 0.438. The monoisotopic (exact) mass is 209 g/mol. The van der Waals surface area contributed by atoms with Crippen molar-refractivity contribution < 1.29 is 9.15 Å². The van der Waals surface area contributed by atoms with Crippen molar-refractivity contribution in [1.29, 1.82) is 0 Å². The molecule has 1 heterocycles. The molecule has 3 nitrogen and oxygen atoms in total. The highest BCUT2D eigenvalue weighted by Crippen LogP contribution is 2.20. The van der Waals surface area contributed by atoms with Crippen LogP contribution in [-0.4, -0.2) is 19.3 Å². The van der Waals surface area contributed by atoms with E-state index in [-0.39, 0.29) is 0 Å². The summed E-state index contributed by atoms with van der Waals surface area (Å²) < 4.78 is 10.7. The van der Waals surface area contributed by atoms with E-state index in [1.54, 1.807) is 13.4 Å². The van der Waals surface area contributed by atoms with Gasteiger partial charge in [-0.05, 0) is 37.8 Å². The molecule has 1 saturated carbocycles. The minimum absolute atomic E-state index is 0.438. The first-order valence-corrected chi connectivity index (χ1v) is 5.67. The van der Waals surface area contributed by atoms with Gasteiger partial charge in [0.05, 0.1) is 18.9 Å². The van der Waals surface area contributed by atoms with Crippen molar-refractivity contribution in [3.05, 3.63) is 24.2 Å². The number of methoxy groups -OCH3 is 1. The molecule has 1 aromatic heterocycles. The van der Waals surface area contributed by atoms with Crippen LogP contribution in [-0.2, 0) is 11.3 Å². The lowest BCUT2D eigenvalue weighted by Crippen LogP contribution is -2.36. The zero-order chi connectivity index (χ0) is 10.5. The lowest BCUT2D eigenvalue weighted by molar-refractivity contribution is 0.0583. The molecule has 1 aliphatic rings. The normalized spacial score (nSPS) is 26.7. The van der Waals surface area contributed by atoms with Crippen LogP contribution >= 0.6 is 0 Å². The van der Waals surface area contributed by atoms with Gasteiger partial charge >= 0.3 is 0 Å². The molecule has 0 aromatic carbocycles. The lowest BCUT2D eigenvalue weighted by Gasteiger charge is -2.28. The maximum atomic E-state index is 5.39. The lowest BCUT2D eigenvalue weighted by atomic mass is 9.93. The van der Waals surface area contributed by atoms with Crippen LogP contribution in [0.3, 0.4) is 0 Å². The third-order valence-corrected chi connectivity index (χ3v) is 3.10. The highest BCUT2D eigenvalue weighted by molar-refractivity contribution is 4.98. The van der Waals surface area contributed by atoms with Crippen molar-refractivity contribution in [1.82, 2.24) is 5.32 Å². The van der Waals surface area contributed by atoms with Gasteiger partial charge in [0.1, 0.15) is 5.76 Å². The molecule has 1 fully saturated rings. The Labute approximate surface area is 90.8 Å². The predicted octanol–water partition coefficient (Wildman–Crippen LogP) is 2.33. The number of furan rings is 1. The summed E-state index contributed by atoms with van der Waals surface area (Å²) in [6.45, 7) is 0.827. The molecule has 0 bridgehead atoms. The molecule has 3 heteroatoms. The van der Waals surface area contributed by atoms with Crippen LogP contribution in [0.25, 0.3) is 0 Å². The second-order valence-corrected chi connectivity index (χ2v) is 4.18. The van der Waals surface area contributed by atoms with Crippen molar-refractivity contribution in [3.63, 3.8) is 0 Å². The van der Waals surface area contributed by atoms with Crippen LogP contribution < -0.4 is 5.32 Å². The first kappa shape index (κ1) is 10.7. The third kappa shape index (κ3) is 3.08. The Kier molecular flexibility index (Phi) is 3.80. The summed E-state index contributed by atoms with van der Waals surface area (Å²) in [6.07, 6.45) is 6.99. The standard InChI is InChI=1S/C12H19NO2/c1-14-11-5-2-4-10(8-11)13-9-12-6-3-7-15-12/h3,6-7,10-11,13H,2,4-5,8-9H2,1H3. The fourth-order valence-corrected chi connectivity index (χ4v) is 2.20. The van der Waals surface area contributed by atoms with E-state index in [4.69, 9.17) is 9.15 Å². The van der Waals surface area contributed by atoms with Crippen LogP contribution in [0.1, 0.15) is 31.4 Å². The summed E-state index contributed by atoms with van der Waals surface area (Å²) in [5.74, 6) is 1.01. The number of hydrogen-bond acceptors (Lipinski definition) is 3. The largest absolute Gasteiger partial charge is 0.468 e. The Balaban J connectivity index is 1.74. The molecule has 2 atom stereocenters. The van der Waals surface area contributed by atoms with Crippen LogP contribution in [0.15, 0.2) is 22.8 Å². The van der Waals surface area contributed by atoms with Crippen molar-refractivity contribution in [2.75, 3.05) is 7.11 Å². The topological polar surface area (TPSA) is 34.4 Å². The maximum Gasteiger partial charge on any atom is 0.117 e. The number of rotatable bonds is 4. The quantitative estimate of drug-likeness (QED) is 0.826. The van der Waals surface area contributed by atoms with E-state index in [0.29, 0.717) is 12.1 Å². The summed E-state index contributed by atoms with van der Waals surface area (Å²) in [6, 6.07) is 4.51. The molecule has 0 aliphatic heterocycles.